The van der Waals surface area contributed by atoms with E-state index >= 15 is 0 Å². The van der Waals surface area contributed by atoms with Crippen LogP contribution in [0.15, 0.2) is 93.4 Å². The van der Waals surface area contributed by atoms with Gasteiger partial charge in [-0.15, -0.1) is 0 Å². The van der Waals surface area contributed by atoms with E-state index in [1.54, 1.807) is 36.4 Å². The monoisotopic (exact) mass is 594 g/mol. The maximum absolute atomic E-state index is 12.6. The van der Waals surface area contributed by atoms with Crippen molar-refractivity contribution >= 4 is 71.9 Å². The molecule has 0 bridgehead atoms. The number of fused-ring (bicyclic) bond motifs is 1. The fourth-order valence-corrected chi connectivity index (χ4v) is 4.99. The molecular formula is C27H17Br2ClN2O2. The number of benzene rings is 4. The second-order valence-corrected chi connectivity index (χ2v) is 9.52. The zero-order valence-electron chi connectivity index (χ0n) is 17.7. The molecule has 0 heterocycles. The molecule has 1 amide bonds. The number of nitrogens with zero attached hydrogens (tertiary/aromatic N) is 1. The predicted molar refractivity (Wildman–Crippen MR) is 144 cm³/mol. The van der Waals surface area contributed by atoms with Crippen molar-refractivity contribution in [1.82, 2.24) is 0 Å². The number of hydrogen-bond acceptors (Lipinski definition) is 3. The molecule has 0 spiro atoms. The number of anilines is 1. The van der Waals surface area contributed by atoms with E-state index in [-0.39, 0.29) is 5.57 Å². The Kier molecular flexibility index (Phi) is 7.69. The Balaban J connectivity index is 1.53. The molecule has 0 saturated heterocycles. The number of rotatable bonds is 6. The molecule has 0 fully saturated rings. The van der Waals surface area contributed by atoms with Crippen LogP contribution in [0.1, 0.15) is 11.1 Å². The Labute approximate surface area is 219 Å². The fraction of sp³-hybridized carbons (Fsp3) is 0.0370. The molecule has 0 atom stereocenters. The van der Waals surface area contributed by atoms with Crippen molar-refractivity contribution in [3.8, 4) is 11.8 Å². The van der Waals surface area contributed by atoms with Gasteiger partial charge in [0.25, 0.3) is 5.91 Å². The lowest BCUT2D eigenvalue weighted by Crippen LogP contribution is -2.13. The van der Waals surface area contributed by atoms with Crippen LogP contribution < -0.4 is 10.1 Å². The van der Waals surface area contributed by atoms with Crippen molar-refractivity contribution in [2.24, 2.45) is 0 Å². The molecule has 0 aliphatic carbocycles. The number of nitrogens with one attached hydrogen (secondary N) is 1. The lowest BCUT2D eigenvalue weighted by molar-refractivity contribution is -0.112. The normalized spacial score (nSPS) is 11.2. The molecular weight excluding hydrogens is 580 g/mol. The minimum Gasteiger partial charge on any atom is -0.487 e. The predicted octanol–water partition coefficient (Wildman–Crippen LogP) is 8.14. The van der Waals surface area contributed by atoms with Crippen molar-refractivity contribution in [1.29, 1.82) is 5.26 Å². The van der Waals surface area contributed by atoms with Crippen molar-refractivity contribution < 1.29 is 9.53 Å². The average Bonchev–Trinajstić information content (AvgIpc) is 2.83. The lowest BCUT2D eigenvalue weighted by Gasteiger charge is -2.13. The molecule has 4 aromatic carbocycles. The molecule has 0 radical (unpaired) electrons. The van der Waals surface area contributed by atoms with Gasteiger partial charge in [-0.25, -0.2) is 0 Å². The van der Waals surface area contributed by atoms with Crippen LogP contribution in [-0.4, -0.2) is 5.91 Å². The van der Waals surface area contributed by atoms with Crippen LogP contribution in [0.2, 0.25) is 5.02 Å². The number of ether oxygens (including phenoxy) is 1. The summed E-state index contributed by atoms with van der Waals surface area (Å²) >= 11 is 13.0. The molecule has 4 aromatic rings. The second kappa shape index (κ2) is 10.9. The number of hydrogen-bond donors (Lipinski definition) is 1. The number of carbonyl (C=O) groups is 1. The summed E-state index contributed by atoms with van der Waals surface area (Å²) in [5, 5.41) is 15.1. The first-order chi connectivity index (χ1) is 16.4. The van der Waals surface area contributed by atoms with Crippen molar-refractivity contribution in [2.45, 2.75) is 6.61 Å². The number of nitriles is 1. The van der Waals surface area contributed by atoms with Crippen LogP contribution in [-0.2, 0) is 11.4 Å². The molecule has 0 aromatic heterocycles. The topological polar surface area (TPSA) is 62.1 Å². The Bertz CT molecular complexity index is 1420. The van der Waals surface area contributed by atoms with Crippen LogP contribution in [0.25, 0.3) is 16.8 Å². The van der Waals surface area contributed by atoms with Crippen LogP contribution in [0, 0.1) is 11.3 Å². The van der Waals surface area contributed by atoms with Crippen LogP contribution in [0.4, 0.5) is 5.69 Å². The maximum atomic E-state index is 12.6. The lowest BCUT2D eigenvalue weighted by atomic mass is 10.1. The third-order valence-electron chi connectivity index (χ3n) is 5.05. The molecule has 0 aliphatic rings. The fourth-order valence-electron chi connectivity index (χ4n) is 3.42. The van der Waals surface area contributed by atoms with Gasteiger partial charge in [0, 0.05) is 10.7 Å². The maximum Gasteiger partial charge on any atom is 0.266 e. The van der Waals surface area contributed by atoms with E-state index in [0.717, 1.165) is 16.3 Å². The van der Waals surface area contributed by atoms with Gasteiger partial charge in [-0.05, 0) is 96.2 Å². The summed E-state index contributed by atoms with van der Waals surface area (Å²) in [6.45, 7) is 0.390. The highest BCUT2D eigenvalue weighted by molar-refractivity contribution is 9.11. The molecule has 1 N–H and O–H groups in total. The van der Waals surface area contributed by atoms with E-state index < -0.39 is 5.91 Å². The number of halogens is 3. The average molecular weight is 597 g/mol. The minimum atomic E-state index is -0.506. The smallest absolute Gasteiger partial charge is 0.266 e. The van der Waals surface area contributed by atoms with Gasteiger partial charge in [-0.3, -0.25) is 4.79 Å². The third-order valence-corrected chi connectivity index (χ3v) is 6.48. The van der Waals surface area contributed by atoms with Crippen molar-refractivity contribution in [2.75, 3.05) is 5.32 Å². The van der Waals surface area contributed by atoms with E-state index in [9.17, 15) is 10.1 Å². The summed E-state index contributed by atoms with van der Waals surface area (Å²) in [6.07, 6.45) is 1.52. The van der Waals surface area contributed by atoms with E-state index in [0.29, 0.717) is 37.6 Å². The largest absolute Gasteiger partial charge is 0.487 e. The quantitative estimate of drug-likeness (QED) is 0.181. The van der Waals surface area contributed by atoms with E-state index in [4.69, 9.17) is 16.3 Å². The Hall–Kier alpha value is -3.11. The Morgan fingerprint density at radius 2 is 1.68 bits per heavy atom. The molecule has 34 heavy (non-hydrogen) atoms. The molecule has 4 nitrogen and oxygen atoms in total. The minimum absolute atomic E-state index is 0.0295. The first-order valence-corrected chi connectivity index (χ1v) is 12.2. The zero-order valence-corrected chi connectivity index (χ0v) is 21.6. The van der Waals surface area contributed by atoms with Gasteiger partial charge in [0.2, 0.25) is 0 Å². The number of carbonyl (C=O) groups excluding carboxylic acids is 1. The molecule has 7 heteroatoms. The van der Waals surface area contributed by atoms with Gasteiger partial charge in [0.15, 0.2) is 0 Å². The first kappa shape index (κ1) is 24.0. The third kappa shape index (κ3) is 5.68. The Morgan fingerprint density at radius 1 is 1.00 bits per heavy atom. The highest BCUT2D eigenvalue weighted by atomic mass is 79.9. The standard InChI is InChI=1S/C27H17Br2ClN2O2/c28-24-13-17(12-20(15-31)27(33)32-22-10-8-21(30)9-11-22)14-25(29)26(24)34-16-19-6-3-5-18-4-1-2-7-23(18)19/h1-14H,16H2,(H,32,33)/b20-12-. The summed E-state index contributed by atoms with van der Waals surface area (Å²) < 4.78 is 7.51. The molecule has 0 unspecified atom stereocenters. The molecule has 0 saturated carbocycles. The molecule has 0 aliphatic heterocycles. The Morgan fingerprint density at radius 3 is 2.38 bits per heavy atom. The summed E-state index contributed by atoms with van der Waals surface area (Å²) in [6, 6.07) is 26.5. The number of amides is 1. The summed E-state index contributed by atoms with van der Waals surface area (Å²) in [5.74, 6) is 0.127. The van der Waals surface area contributed by atoms with Crippen molar-refractivity contribution in [3.63, 3.8) is 0 Å². The van der Waals surface area contributed by atoms with Gasteiger partial charge in [0.05, 0.1) is 8.95 Å². The highest BCUT2D eigenvalue weighted by Crippen LogP contribution is 2.36. The van der Waals surface area contributed by atoms with Gasteiger partial charge >= 0.3 is 0 Å². The van der Waals surface area contributed by atoms with E-state index in [1.165, 1.54) is 6.08 Å². The second-order valence-electron chi connectivity index (χ2n) is 7.37. The van der Waals surface area contributed by atoms with E-state index in [2.05, 4.69) is 55.4 Å². The van der Waals surface area contributed by atoms with Crippen LogP contribution in [0.3, 0.4) is 0 Å². The van der Waals surface area contributed by atoms with Crippen LogP contribution in [0.5, 0.6) is 5.75 Å². The molecule has 4 rings (SSSR count). The summed E-state index contributed by atoms with van der Waals surface area (Å²) in [7, 11) is 0. The van der Waals surface area contributed by atoms with Gasteiger partial charge in [0.1, 0.15) is 24.0 Å². The van der Waals surface area contributed by atoms with Crippen LogP contribution >= 0.6 is 43.5 Å². The van der Waals surface area contributed by atoms with Gasteiger partial charge < -0.3 is 10.1 Å². The van der Waals surface area contributed by atoms with Gasteiger partial charge in [-0.1, -0.05) is 54.1 Å². The van der Waals surface area contributed by atoms with Crippen molar-refractivity contribution in [3.05, 3.63) is 110 Å². The summed E-state index contributed by atoms with van der Waals surface area (Å²) in [5.41, 5.74) is 2.26. The zero-order chi connectivity index (χ0) is 24.1. The van der Waals surface area contributed by atoms with Gasteiger partial charge in [-0.2, -0.15) is 5.26 Å². The highest BCUT2D eigenvalue weighted by Gasteiger charge is 2.13. The molecule has 168 valence electrons. The van der Waals surface area contributed by atoms with E-state index in [1.807, 2.05) is 30.3 Å². The first-order valence-electron chi connectivity index (χ1n) is 10.2. The SMILES string of the molecule is N#C/C(=C/c1cc(Br)c(OCc2cccc3ccccc23)c(Br)c1)C(=O)Nc1ccc(Cl)cc1. The summed E-state index contributed by atoms with van der Waals surface area (Å²) in [4.78, 5) is 12.6.